The molecule has 5 aromatic rings. The standard InChI is InChI=1S/C31H25ClN4O2S/c32-25-18-10-17-24(20-25)30-35-36-31(39-30)34-28(37)26(19-21-11-4-1-5-12-21)33-29(38)27(22-13-6-2-7-14-22)23-15-8-3-9-16-23/h1-18,20,26-27H,19H2,(H,33,38)(H,34,36,37). The molecule has 1 heterocycles. The van der Waals surface area contributed by atoms with Crippen molar-refractivity contribution in [3.8, 4) is 10.6 Å². The first kappa shape index (κ1) is 26.3. The fraction of sp³-hybridized carbons (Fsp3) is 0.0968. The van der Waals surface area contributed by atoms with Crippen molar-refractivity contribution in [2.24, 2.45) is 0 Å². The molecule has 0 aliphatic carbocycles. The van der Waals surface area contributed by atoms with Gasteiger partial charge in [0.2, 0.25) is 16.9 Å². The van der Waals surface area contributed by atoms with Crippen LogP contribution in [0, 0.1) is 0 Å². The second-order valence-corrected chi connectivity index (χ2v) is 10.3. The smallest absolute Gasteiger partial charge is 0.249 e. The number of carbonyl (C=O) groups is 2. The molecular weight excluding hydrogens is 528 g/mol. The third-order valence-electron chi connectivity index (χ3n) is 6.17. The van der Waals surface area contributed by atoms with E-state index in [2.05, 4.69) is 20.8 Å². The number of aromatic nitrogens is 2. The Labute approximate surface area is 235 Å². The molecule has 0 aliphatic heterocycles. The predicted molar refractivity (Wildman–Crippen MR) is 156 cm³/mol. The third-order valence-corrected chi connectivity index (χ3v) is 7.29. The zero-order valence-corrected chi connectivity index (χ0v) is 22.4. The summed E-state index contributed by atoms with van der Waals surface area (Å²) in [5.74, 6) is -1.21. The number of amides is 2. The maximum atomic E-state index is 13.8. The molecule has 0 aliphatic rings. The van der Waals surface area contributed by atoms with Gasteiger partial charge in [-0.25, -0.2) is 0 Å². The molecule has 6 nitrogen and oxygen atoms in total. The lowest BCUT2D eigenvalue weighted by molar-refractivity contribution is -0.126. The Balaban J connectivity index is 1.40. The first-order valence-corrected chi connectivity index (χ1v) is 13.6. The molecule has 2 amide bonds. The summed E-state index contributed by atoms with van der Waals surface area (Å²) >= 11 is 7.35. The summed E-state index contributed by atoms with van der Waals surface area (Å²) in [5, 5.41) is 15.8. The van der Waals surface area contributed by atoms with E-state index in [0.29, 0.717) is 21.6 Å². The van der Waals surface area contributed by atoms with Crippen LogP contribution in [0.15, 0.2) is 115 Å². The van der Waals surface area contributed by atoms with E-state index in [0.717, 1.165) is 22.3 Å². The number of nitrogens with one attached hydrogen (secondary N) is 2. The number of benzene rings is 4. The van der Waals surface area contributed by atoms with Crippen LogP contribution in [-0.4, -0.2) is 28.1 Å². The van der Waals surface area contributed by atoms with Crippen molar-refractivity contribution >= 4 is 39.9 Å². The van der Waals surface area contributed by atoms with Crippen LogP contribution in [0.5, 0.6) is 0 Å². The van der Waals surface area contributed by atoms with Crippen molar-refractivity contribution in [1.82, 2.24) is 15.5 Å². The second kappa shape index (κ2) is 12.5. The second-order valence-electron chi connectivity index (χ2n) is 8.92. The van der Waals surface area contributed by atoms with Gasteiger partial charge in [-0.1, -0.05) is 126 Å². The molecule has 5 rings (SSSR count). The van der Waals surface area contributed by atoms with Gasteiger partial charge in [-0.05, 0) is 28.8 Å². The van der Waals surface area contributed by atoms with Crippen molar-refractivity contribution < 1.29 is 9.59 Å². The number of carbonyl (C=O) groups excluding carboxylic acids is 2. The molecule has 0 bridgehead atoms. The molecule has 0 spiro atoms. The van der Waals surface area contributed by atoms with Crippen LogP contribution in [0.2, 0.25) is 5.02 Å². The van der Waals surface area contributed by atoms with Gasteiger partial charge in [0.1, 0.15) is 11.0 Å². The van der Waals surface area contributed by atoms with Crippen LogP contribution in [0.25, 0.3) is 10.6 Å². The van der Waals surface area contributed by atoms with E-state index < -0.39 is 12.0 Å². The number of nitrogens with zero attached hydrogens (tertiary/aromatic N) is 2. The van der Waals surface area contributed by atoms with Gasteiger partial charge in [0, 0.05) is 17.0 Å². The van der Waals surface area contributed by atoms with E-state index in [1.165, 1.54) is 11.3 Å². The largest absolute Gasteiger partial charge is 0.343 e. The predicted octanol–water partition coefficient (Wildman–Crippen LogP) is 6.36. The van der Waals surface area contributed by atoms with Gasteiger partial charge in [0.05, 0.1) is 5.92 Å². The number of halogens is 1. The van der Waals surface area contributed by atoms with Gasteiger partial charge < -0.3 is 5.32 Å². The molecule has 0 radical (unpaired) electrons. The van der Waals surface area contributed by atoms with Crippen LogP contribution >= 0.6 is 22.9 Å². The Morgan fingerprint density at radius 2 is 1.36 bits per heavy atom. The highest BCUT2D eigenvalue weighted by Crippen LogP contribution is 2.29. The topological polar surface area (TPSA) is 84.0 Å². The highest BCUT2D eigenvalue weighted by molar-refractivity contribution is 7.18. The molecule has 39 heavy (non-hydrogen) atoms. The molecule has 2 N–H and O–H groups in total. The average Bonchev–Trinajstić information content (AvgIpc) is 3.43. The van der Waals surface area contributed by atoms with Crippen molar-refractivity contribution in [1.29, 1.82) is 0 Å². The monoisotopic (exact) mass is 552 g/mol. The Hall–Kier alpha value is -4.33. The van der Waals surface area contributed by atoms with Crippen LogP contribution in [0.4, 0.5) is 5.13 Å². The fourth-order valence-electron chi connectivity index (χ4n) is 4.30. The minimum Gasteiger partial charge on any atom is -0.343 e. The summed E-state index contributed by atoms with van der Waals surface area (Å²) in [6.45, 7) is 0. The van der Waals surface area contributed by atoms with Gasteiger partial charge in [-0.2, -0.15) is 0 Å². The summed E-state index contributed by atoms with van der Waals surface area (Å²) < 4.78 is 0. The van der Waals surface area contributed by atoms with Gasteiger partial charge in [0.15, 0.2) is 0 Å². The number of hydrogen-bond donors (Lipinski definition) is 2. The molecule has 0 saturated heterocycles. The maximum Gasteiger partial charge on any atom is 0.249 e. The summed E-state index contributed by atoms with van der Waals surface area (Å²) in [5.41, 5.74) is 3.42. The lowest BCUT2D eigenvalue weighted by atomic mass is 9.90. The Kier molecular flexibility index (Phi) is 8.41. The average molecular weight is 553 g/mol. The highest BCUT2D eigenvalue weighted by atomic mass is 35.5. The fourth-order valence-corrected chi connectivity index (χ4v) is 5.24. The number of hydrogen-bond acceptors (Lipinski definition) is 5. The lowest BCUT2D eigenvalue weighted by Crippen LogP contribution is -2.47. The molecule has 8 heteroatoms. The van der Waals surface area contributed by atoms with Crippen LogP contribution in [0.1, 0.15) is 22.6 Å². The summed E-state index contributed by atoms with van der Waals surface area (Å²) in [4.78, 5) is 27.3. The van der Waals surface area contributed by atoms with Crippen molar-refractivity contribution in [3.63, 3.8) is 0 Å². The van der Waals surface area contributed by atoms with Gasteiger partial charge in [0.25, 0.3) is 0 Å². The van der Waals surface area contributed by atoms with Crippen molar-refractivity contribution in [2.45, 2.75) is 18.4 Å². The molecule has 4 aromatic carbocycles. The summed E-state index contributed by atoms with van der Waals surface area (Å²) in [7, 11) is 0. The van der Waals surface area contributed by atoms with Crippen LogP contribution in [-0.2, 0) is 16.0 Å². The summed E-state index contributed by atoms with van der Waals surface area (Å²) in [6.07, 6.45) is 0.314. The molecular formula is C31H25ClN4O2S. The quantitative estimate of drug-likeness (QED) is 0.223. The zero-order valence-electron chi connectivity index (χ0n) is 20.8. The Morgan fingerprint density at radius 1 is 0.744 bits per heavy atom. The molecule has 194 valence electrons. The van der Waals surface area contributed by atoms with Crippen LogP contribution in [0.3, 0.4) is 0 Å². The highest BCUT2D eigenvalue weighted by Gasteiger charge is 2.28. The van der Waals surface area contributed by atoms with Crippen LogP contribution < -0.4 is 10.6 Å². The molecule has 1 atom stereocenters. The molecule has 1 unspecified atom stereocenters. The normalized spacial score (nSPS) is 11.6. The van der Waals surface area contributed by atoms with E-state index in [1.807, 2.05) is 103 Å². The van der Waals surface area contributed by atoms with E-state index in [4.69, 9.17) is 11.6 Å². The van der Waals surface area contributed by atoms with E-state index in [-0.39, 0.29) is 11.8 Å². The molecule has 1 aromatic heterocycles. The summed E-state index contributed by atoms with van der Waals surface area (Å²) in [6, 6.07) is 35.1. The number of rotatable bonds is 9. The molecule has 0 fully saturated rings. The van der Waals surface area contributed by atoms with Gasteiger partial charge in [-0.3, -0.25) is 14.9 Å². The first-order chi connectivity index (χ1) is 19.1. The zero-order chi connectivity index (χ0) is 27.0. The minimum atomic E-state index is -0.839. The molecule has 0 saturated carbocycles. The third kappa shape index (κ3) is 6.76. The van der Waals surface area contributed by atoms with E-state index in [1.54, 1.807) is 12.1 Å². The Morgan fingerprint density at radius 3 is 1.97 bits per heavy atom. The Bertz CT molecular complexity index is 1510. The van der Waals surface area contributed by atoms with Crippen molar-refractivity contribution in [3.05, 3.63) is 137 Å². The maximum absolute atomic E-state index is 13.8. The van der Waals surface area contributed by atoms with Crippen molar-refractivity contribution in [2.75, 3.05) is 5.32 Å². The first-order valence-electron chi connectivity index (χ1n) is 12.4. The number of anilines is 1. The van der Waals surface area contributed by atoms with E-state index >= 15 is 0 Å². The lowest BCUT2D eigenvalue weighted by Gasteiger charge is -2.23. The van der Waals surface area contributed by atoms with Gasteiger partial charge in [-0.15, -0.1) is 10.2 Å². The van der Waals surface area contributed by atoms with E-state index in [9.17, 15) is 9.59 Å². The SMILES string of the molecule is O=C(Nc1nnc(-c2cccc(Cl)c2)s1)C(Cc1ccccc1)NC(=O)C(c1ccccc1)c1ccccc1. The van der Waals surface area contributed by atoms with Gasteiger partial charge >= 0.3 is 0 Å². The minimum absolute atomic E-state index is 0.264.